The van der Waals surface area contributed by atoms with E-state index in [1.165, 1.54) is 17.0 Å². The number of nitrogens with zero attached hydrogens (tertiary/aromatic N) is 3. The molecule has 1 aliphatic rings. The summed E-state index contributed by atoms with van der Waals surface area (Å²) in [5, 5.41) is 10.9. The third kappa shape index (κ3) is 2.19. The van der Waals surface area contributed by atoms with E-state index < -0.39 is 16.9 Å². The topological polar surface area (TPSA) is 83.8 Å². The number of amides is 3. The second-order valence-electron chi connectivity index (χ2n) is 4.29. The molecule has 0 bridgehead atoms. The van der Waals surface area contributed by atoms with Crippen molar-refractivity contribution in [1.82, 2.24) is 9.80 Å². The number of likely N-dealkylation sites (N-methyl/N-ethyl adjacent to an activating group) is 1. The average molecular weight is 273 g/mol. The van der Waals surface area contributed by atoms with Crippen molar-refractivity contribution in [3.63, 3.8) is 0 Å². The number of carbonyl (C=O) groups excluding carboxylic acids is 2. The number of imide groups is 1. The van der Waals surface area contributed by atoms with Gasteiger partial charge < -0.3 is 4.90 Å². The maximum Gasteiger partial charge on any atom is 0.326 e. The van der Waals surface area contributed by atoms with Crippen molar-refractivity contribution in [3.05, 3.63) is 39.4 Å². The molecule has 0 spiro atoms. The average Bonchev–Trinajstić information content (AvgIpc) is 2.77. The first-order chi connectivity index (χ1) is 9.45. The van der Waals surface area contributed by atoms with Crippen molar-refractivity contribution in [1.29, 1.82) is 0 Å². The summed E-state index contributed by atoms with van der Waals surface area (Å²) in [4.78, 5) is 36.6. The molecule has 0 aliphatic carbocycles. The van der Waals surface area contributed by atoms with Crippen LogP contribution in [0.15, 0.2) is 18.2 Å². The van der Waals surface area contributed by atoms with Crippen LogP contribution in [0.4, 0.5) is 10.5 Å². The molecule has 1 aliphatic heterocycles. The van der Waals surface area contributed by atoms with Gasteiger partial charge in [-0.15, -0.1) is 6.42 Å². The predicted octanol–water partition coefficient (Wildman–Crippen LogP) is 1.08. The number of nitro groups is 1. The van der Waals surface area contributed by atoms with Crippen molar-refractivity contribution >= 4 is 17.6 Å². The summed E-state index contributed by atoms with van der Waals surface area (Å²) in [6.45, 7) is 0.702. The predicted molar refractivity (Wildman–Crippen MR) is 70.1 cm³/mol. The molecule has 0 aromatic heterocycles. The highest BCUT2D eigenvalue weighted by atomic mass is 16.6. The van der Waals surface area contributed by atoms with Gasteiger partial charge in [0.05, 0.1) is 4.92 Å². The molecule has 1 heterocycles. The zero-order chi connectivity index (χ0) is 14.9. The van der Waals surface area contributed by atoms with E-state index in [0.29, 0.717) is 6.54 Å². The maximum atomic E-state index is 12.2. The molecule has 1 saturated heterocycles. The van der Waals surface area contributed by atoms with Crippen LogP contribution in [0, 0.1) is 22.5 Å². The number of rotatable bonds is 2. The van der Waals surface area contributed by atoms with Gasteiger partial charge in [-0.05, 0) is 12.1 Å². The number of benzene rings is 1. The molecule has 20 heavy (non-hydrogen) atoms. The summed E-state index contributed by atoms with van der Waals surface area (Å²) in [6, 6.07) is 3.40. The molecule has 7 heteroatoms. The Bertz CT molecular complexity index is 648. The van der Waals surface area contributed by atoms with E-state index in [0.717, 1.165) is 11.0 Å². The minimum atomic E-state index is -0.649. The SMILES string of the molecule is C#Cc1ccc(C(=O)N2CCN(C)C2=O)cc1[N+](=O)[O-]. The molecule has 1 aromatic rings. The summed E-state index contributed by atoms with van der Waals surface area (Å²) in [5.74, 6) is 1.62. The number of urea groups is 1. The van der Waals surface area contributed by atoms with Crippen LogP contribution in [0.5, 0.6) is 0 Å². The number of hydrogen-bond donors (Lipinski definition) is 0. The first-order valence-electron chi connectivity index (χ1n) is 5.77. The molecule has 0 unspecified atom stereocenters. The molecule has 102 valence electrons. The summed E-state index contributed by atoms with van der Waals surface area (Å²) in [6.07, 6.45) is 5.17. The largest absolute Gasteiger partial charge is 0.326 e. The van der Waals surface area contributed by atoms with Gasteiger partial charge in [0.1, 0.15) is 5.56 Å². The molecular weight excluding hydrogens is 262 g/mol. The van der Waals surface area contributed by atoms with Gasteiger partial charge in [0.2, 0.25) is 0 Å². The van der Waals surface area contributed by atoms with Gasteiger partial charge in [0.15, 0.2) is 0 Å². The van der Waals surface area contributed by atoms with E-state index >= 15 is 0 Å². The molecule has 3 amide bonds. The molecule has 1 aromatic carbocycles. The zero-order valence-electron chi connectivity index (χ0n) is 10.7. The Morgan fingerprint density at radius 1 is 1.45 bits per heavy atom. The highest BCUT2D eigenvalue weighted by molar-refractivity contribution is 6.05. The molecule has 0 atom stereocenters. The van der Waals surface area contributed by atoms with Crippen LogP contribution in [-0.2, 0) is 0 Å². The van der Waals surface area contributed by atoms with E-state index in [1.54, 1.807) is 7.05 Å². The monoisotopic (exact) mass is 273 g/mol. The molecule has 2 rings (SSSR count). The lowest BCUT2D eigenvalue weighted by Crippen LogP contribution is -2.34. The van der Waals surface area contributed by atoms with Crippen molar-refractivity contribution in [3.8, 4) is 12.3 Å². The fraction of sp³-hybridized carbons (Fsp3) is 0.231. The van der Waals surface area contributed by atoms with Gasteiger partial charge in [0, 0.05) is 31.8 Å². The quantitative estimate of drug-likeness (QED) is 0.458. The van der Waals surface area contributed by atoms with Crippen LogP contribution in [0.3, 0.4) is 0 Å². The molecular formula is C13H11N3O4. The van der Waals surface area contributed by atoms with Crippen LogP contribution in [0.1, 0.15) is 15.9 Å². The van der Waals surface area contributed by atoms with E-state index in [-0.39, 0.29) is 23.4 Å². The van der Waals surface area contributed by atoms with Crippen LogP contribution in [-0.4, -0.2) is 46.8 Å². The second kappa shape index (κ2) is 5.01. The van der Waals surface area contributed by atoms with E-state index in [4.69, 9.17) is 6.42 Å². The Hall–Kier alpha value is -2.88. The lowest BCUT2D eigenvalue weighted by atomic mass is 10.1. The number of hydrogen-bond acceptors (Lipinski definition) is 4. The second-order valence-corrected chi connectivity index (χ2v) is 4.29. The molecule has 7 nitrogen and oxygen atoms in total. The smallest absolute Gasteiger partial charge is 0.326 e. The Morgan fingerprint density at radius 2 is 2.15 bits per heavy atom. The molecule has 0 radical (unpaired) electrons. The fourth-order valence-corrected chi connectivity index (χ4v) is 1.93. The van der Waals surface area contributed by atoms with Gasteiger partial charge in [-0.2, -0.15) is 0 Å². The van der Waals surface area contributed by atoms with Crippen LogP contribution < -0.4 is 0 Å². The summed E-state index contributed by atoms with van der Waals surface area (Å²) in [5.41, 5.74) is -0.158. The summed E-state index contributed by atoms with van der Waals surface area (Å²) < 4.78 is 0. The number of nitro benzene ring substituents is 1. The lowest BCUT2D eigenvalue weighted by Gasteiger charge is -2.14. The minimum Gasteiger partial charge on any atom is -0.326 e. The first-order valence-corrected chi connectivity index (χ1v) is 5.77. The van der Waals surface area contributed by atoms with Crippen LogP contribution >= 0.6 is 0 Å². The third-order valence-electron chi connectivity index (χ3n) is 3.06. The standard InChI is InChI=1S/C13H11N3O4/c1-3-9-4-5-10(8-11(9)16(19)20)12(17)15-7-6-14(2)13(15)18/h1,4-5,8H,6-7H2,2H3. The summed E-state index contributed by atoms with van der Waals surface area (Å²) in [7, 11) is 1.58. The van der Waals surface area contributed by atoms with E-state index in [9.17, 15) is 19.7 Å². The Balaban J connectivity index is 2.37. The maximum absolute atomic E-state index is 12.2. The van der Waals surface area contributed by atoms with Crippen LogP contribution in [0.2, 0.25) is 0 Å². The Morgan fingerprint density at radius 3 is 2.65 bits per heavy atom. The number of carbonyl (C=O) groups is 2. The van der Waals surface area contributed by atoms with Gasteiger partial charge in [0.25, 0.3) is 11.6 Å². The van der Waals surface area contributed by atoms with Crippen molar-refractivity contribution in [2.24, 2.45) is 0 Å². The van der Waals surface area contributed by atoms with Crippen molar-refractivity contribution in [2.75, 3.05) is 20.1 Å². The summed E-state index contributed by atoms with van der Waals surface area (Å²) >= 11 is 0. The van der Waals surface area contributed by atoms with Gasteiger partial charge >= 0.3 is 6.03 Å². The van der Waals surface area contributed by atoms with Gasteiger partial charge in [-0.25, -0.2) is 4.79 Å². The van der Waals surface area contributed by atoms with E-state index in [2.05, 4.69) is 5.92 Å². The van der Waals surface area contributed by atoms with Crippen molar-refractivity contribution < 1.29 is 14.5 Å². The van der Waals surface area contributed by atoms with Crippen LogP contribution in [0.25, 0.3) is 0 Å². The normalized spacial score (nSPS) is 14.3. The minimum absolute atomic E-state index is 0.0688. The first kappa shape index (κ1) is 13.5. The molecule has 0 saturated carbocycles. The highest BCUT2D eigenvalue weighted by Crippen LogP contribution is 2.21. The highest BCUT2D eigenvalue weighted by Gasteiger charge is 2.32. The van der Waals surface area contributed by atoms with Crippen molar-refractivity contribution in [2.45, 2.75) is 0 Å². The van der Waals surface area contributed by atoms with Gasteiger partial charge in [-0.3, -0.25) is 19.8 Å². The molecule has 1 fully saturated rings. The number of terminal acetylenes is 1. The third-order valence-corrected chi connectivity index (χ3v) is 3.06. The Kier molecular flexibility index (Phi) is 3.39. The zero-order valence-corrected chi connectivity index (χ0v) is 10.7. The Labute approximate surface area is 114 Å². The molecule has 0 N–H and O–H groups in total. The fourth-order valence-electron chi connectivity index (χ4n) is 1.93. The lowest BCUT2D eigenvalue weighted by molar-refractivity contribution is -0.385. The van der Waals surface area contributed by atoms with E-state index in [1.807, 2.05) is 0 Å². The van der Waals surface area contributed by atoms with Gasteiger partial charge in [-0.1, -0.05) is 5.92 Å².